The summed E-state index contributed by atoms with van der Waals surface area (Å²) in [5.41, 5.74) is 1.33. The van der Waals surface area contributed by atoms with Crippen LogP contribution < -0.4 is 0 Å². The Morgan fingerprint density at radius 3 is 2.50 bits per heavy atom. The van der Waals surface area contributed by atoms with Crippen molar-refractivity contribution in [3.8, 4) is 0 Å². The monoisotopic (exact) mass is 246 g/mol. The summed E-state index contributed by atoms with van der Waals surface area (Å²) in [4.78, 5) is 0. The van der Waals surface area contributed by atoms with Crippen molar-refractivity contribution in [1.29, 1.82) is 0 Å². The molecule has 1 aliphatic carbocycles. The van der Waals surface area contributed by atoms with Crippen LogP contribution in [0.4, 0.5) is 0 Å². The van der Waals surface area contributed by atoms with E-state index in [1.165, 1.54) is 12.8 Å². The van der Waals surface area contributed by atoms with Gasteiger partial charge in [0.2, 0.25) is 0 Å². The fourth-order valence-corrected chi connectivity index (χ4v) is 3.25. The van der Waals surface area contributed by atoms with E-state index in [1.807, 2.05) is 18.2 Å². The van der Waals surface area contributed by atoms with Gasteiger partial charge in [0.1, 0.15) is 0 Å². The lowest BCUT2D eigenvalue weighted by atomic mass is 9.75. The molecule has 3 heteroatoms. The maximum atomic E-state index is 5.95. The van der Waals surface area contributed by atoms with Gasteiger partial charge in [-0.3, -0.25) is 0 Å². The highest BCUT2D eigenvalue weighted by molar-refractivity contribution is 5.16. The van der Waals surface area contributed by atoms with E-state index in [0.29, 0.717) is 12.2 Å². The maximum absolute atomic E-state index is 5.95. The molecule has 4 rings (SSSR count). The molecular weight excluding hydrogens is 228 g/mol. The quantitative estimate of drug-likeness (QED) is 0.714. The van der Waals surface area contributed by atoms with E-state index < -0.39 is 0 Å². The Bertz CT molecular complexity index is 423. The van der Waals surface area contributed by atoms with E-state index in [-0.39, 0.29) is 11.7 Å². The van der Waals surface area contributed by atoms with Crippen molar-refractivity contribution >= 4 is 0 Å². The Kier molecular flexibility index (Phi) is 2.47. The lowest BCUT2D eigenvalue weighted by Crippen LogP contribution is -2.42. The van der Waals surface area contributed by atoms with Crippen LogP contribution in [0.5, 0.6) is 0 Å². The highest BCUT2D eigenvalue weighted by Gasteiger charge is 2.52. The molecule has 0 aromatic heterocycles. The predicted octanol–water partition coefficient (Wildman–Crippen LogP) is 2.67. The minimum Gasteiger partial charge on any atom is -0.370 e. The van der Waals surface area contributed by atoms with Crippen molar-refractivity contribution in [2.24, 2.45) is 5.41 Å². The van der Waals surface area contributed by atoms with Crippen LogP contribution in [0.2, 0.25) is 0 Å². The Morgan fingerprint density at radius 2 is 1.78 bits per heavy atom. The van der Waals surface area contributed by atoms with Crippen molar-refractivity contribution in [1.82, 2.24) is 0 Å². The molecule has 0 bridgehead atoms. The number of hydrogen-bond donors (Lipinski definition) is 0. The summed E-state index contributed by atoms with van der Waals surface area (Å²) >= 11 is 0. The van der Waals surface area contributed by atoms with E-state index in [0.717, 1.165) is 25.2 Å². The van der Waals surface area contributed by atoms with Gasteiger partial charge >= 0.3 is 0 Å². The number of rotatable bonds is 1. The first-order valence-corrected chi connectivity index (χ1v) is 6.78. The summed E-state index contributed by atoms with van der Waals surface area (Å²) in [5.74, 6) is 0. The van der Waals surface area contributed by atoms with Crippen LogP contribution in [0, 0.1) is 5.41 Å². The largest absolute Gasteiger partial charge is 0.370 e. The number of epoxide rings is 1. The zero-order chi connectivity index (χ0) is 12.0. The molecule has 0 unspecified atom stereocenters. The summed E-state index contributed by atoms with van der Waals surface area (Å²) in [6.45, 7) is 1.61. The van der Waals surface area contributed by atoms with Gasteiger partial charge in [0.25, 0.3) is 0 Å². The molecule has 3 fully saturated rings. The van der Waals surface area contributed by atoms with Crippen LogP contribution in [0.25, 0.3) is 0 Å². The van der Waals surface area contributed by atoms with E-state index in [2.05, 4.69) is 12.1 Å². The highest BCUT2D eigenvalue weighted by atomic mass is 16.7. The molecule has 2 heterocycles. The lowest BCUT2D eigenvalue weighted by Gasteiger charge is -2.41. The molecular formula is C15H18O3. The number of fused-ring (bicyclic) bond motifs is 1. The standard InChI is InChI=1S/C15H18O3/c1-2-4-11(5-3-1)14-16-9-15(10-17-14)7-6-12-13(8-15)18-12/h1-5,12-14H,6-10H2/t12-,13+,14?,15?/m0/s1. The predicted molar refractivity (Wildman–Crippen MR) is 66.0 cm³/mol. The van der Waals surface area contributed by atoms with Crippen LogP contribution in [0.15, 0.2) is 30.3 Å². The average Bonchev–Trinajstić information content (AvgIpc) is 3.19. The van der Waals surface area contributed by atoms with Gasteiger partial charge in [0.05, 0.1) is 25.4 Å². The van der Waals surface area contributed by atoms with Gasteiger partial charge in [-0.05, 0) is 19.3 Å². The zero-order valence-corrected chi connectivity index (χ0v) is 10.4. The van der Waals surface area contributed by atoms with Crippen molar-refractivity contribution in [3.63, 3.8) is 0 Å². The Labute approximate surface area is 107 Å². The first-order chi connectivity index (χ1) is 8.85. The molecule has 96 valence electrons. The fourth-order valence-electron chi connectivity index (χ4n) is 3.25. The Morgan fingerprint density at radius 1 is 1.00 bits per heavy atom. The molecule has 18 heavy (non-hydrogen) atoms. The Balaban J connectivity index is 1.43. The number of benzene rings is 1. The van der Waals surface area contributed by atoms with Crippen LogP contribution >= 0.6 is 0 Å². The second-order valence-electron chi connectivity index (χ2n) is 5.82. The highest BCUT2D eigenvalue weighted by Crippen LogP contribution is 2.49. The van der Waals surface area contributed by atoms with Gasteiger partial charge in [-0.1, -0.05) is 30.3 Å². The van der Waals surface area contributed by atoms with E-state index in [1.54, 1.807) is 0 Å². The van der Waals surface area contributed by atoms with Crippen LogP contribution in [-0.2, 0) is 14.2 Å². The molecule has 3 nitrogen and oxygen atoms in total. The minimum atomic E-state index is -0.185. The van der Waals surface area contributed by atoms with E-state index >= 15 is 0 Å². The van der Waals surface area contributed by atoms with E-state index in [4.69, 9.17) is 14.2 Å². The topological polar surface area (TPSA) is 31.0 Å². The van der Waals surface area contributed by atoms with E-state index in [9.17, 15) is 0 Å². The molecule has 1 aromatic carbocycles. The van der Waals surface area contributed by atoms with Gasteiger partial charge in [-0.2, -0.15) is 0 Å². The first kappa shape index (κ1) is 11.0. The molecule has 0 radical (unpaired) electrons. The zero-order valence-electron chi connectivity index (χ0n) is 10.4. The normalized spacial score (nSPS) is 42.6. The molecule has 3 aliphatic rings. The van der Waals surface area contributed by atoms with Crippen molar-refractivity contribution in [2.45, 2.75) is 37.8 Å². The number of ether oxygens (including phenoxy) is 3. The molecule has 2 aliphatic heterocycles. The summed E-state index contributed by atoms with van der Waals surface area (Å²) in [5, 5.41) is 0. The van der Waals surface area contributed by atoms with Gasteiger partial charge in [-0.25, -0.2) is 0 Å². The number of hydrogen-bond acceptors (Lipinski definition) is 3. The Hall–Kier alpha value is -0.900. The maximum Gasteiger partial charge on any atom is 0.183 e. The molecule has 0 amide bonds. The van der Waals surface area contributed by atoms with Crippen LogP contribution in [0.3, 0.4) is 0 Å². The van der Waals surface area contributed by atoms with Gasteiger partial charge in [0, 0.05) is 11.0 Å². The summed E-state index contributed by atoms with van der Waals surface area (Å²) in [6, 6.07) is 10.2. The average molecular weight is 246 g/mol. The molecule has 0 N–H and O–H groups in total. The third-order valence-electron chi connectivity index (χ3n) is 4.43. The molecule has 1 spiro atoms. The summed E-state index contributed by atoms with van der Waals surface area (Å²) < 4.78 is 17.5. The summed E-state index contributed by atoms with van der Waals surface area (Å²) in [6.07, 6.45) is 4.30. The van der Waals surface area contributed by atoms with Crippen molar-refractivity contribution < 1.29 is 14.2 Å². The third-order valence-corrected chi connectivity index (χ3v) is 4.43. The minimum absolute atomic E-state index is 0.185. The first-order valence-electron chi connectivity index (χ1n) is 6.78. The van der Waals surface area contributed by atoms with Crippen LogP contribution in [-0.4, -0.2) is 25.4 Å². The second kappa shape index (κ2) is 4.05. The van der Waals surface area contributed by atoms with Crippen molar-refractivity contribution in [2.75, 3.05) is 13.2 Å². The lowest BCUT2D eigenvalue weighted by molar-refractivity contribution is -0.239. The third kappa shape index (κ3) is 1.87. The summed E-state index contributed by atoms with van der Waals surface area (Å²) in [7, 11) is 0. The van der Waals surface area contributed by atoms with Gasteiger partial charge in [-0.15, -0.1) is 0 Å². The van der Waals surface area contributed by atoms with Gasteiger partial charge < -0.3 is 14.2 Å². The second-order valence-corrected chi connectivity index (χ2v) is 5.82. The smallest absolute Gasteiger partial charge is 0.183 e. The molecule has 1 saturated carbocycles. The molecule has 2 atom stereocenters. The van der Waals surface area contributed by atoms with Crippen molar-refractivity contribution in [3.05, 3.63) is 35.9 Å². The van der Waals surface area contributed by atoms with Gasteiger partial charge in [0.15, 0.2) is 6.29 Å². The SMILES string of the molecule is c1ccc(C2OCC3(CC[C@@H]4O[C@@H]4C3)CO2)cc1. The van der Waals surface area contributed by atoms with Crippen LogP contribution in [0.1, 0.15) is 31.1 Å². The molecule has 2 saturated heterocycles. The fraction of sp³-hybridized carbons (Fsp3) is 0.600. The molecule has 1 aromatic rings.